The highest BCUT2D eigenvalue weighted by Gasteiger charge is 2.40. The van der Waals surface area contributed by atoms with Gasteiger partial charge in [0.2, 0.25) is 0 Å². The molecule has 1 fully saturated rings. The van der Waals surface area contributed by atoms with Crippen LogP contribution in [0.2, 0.25) is 0 Å². The molecule has 1 aromatic rings. The number of methoxy groups -OCH3 is 1. The van der Waals surface area contributed by atoms with Crippen molar-refractivity contribution in [3.63, 3.8) is 0 Å². The number of hydrogen-bond acceptors (Lipinski definition) is 4. The topological polar surface area (TPSA) is 59.6 Å². The van der Waals surface area contributed by atoms with Crippen LogP contribution in [0, 0.1) is 0 Å². The van der Waals surface area contributed by atoms with Gasteiger partial charge in [0, 0.05) is 7.11 Å². The maximum Gasteiger partial charge on any atom is 0.252 e. The van der Waals surface area contributed by atoms with Gasteiger partial charge in [0.25, 0.3) is 5.91 Å². The van der Waals surface area contributed by atoms with E-state index in [1.807, 2.05) is 38.1 Å². The Morgan fingerprint density at radius 2 is 2.09 bits per heavy atom. The molecule has 1 amide bonds. The SMILES string of the molecule is CCOc1cccc(C(C)NC(=O)C2(OC)CCNCC2)c1.Cl. The lowest BCUT2D eigenvalue weighted by molar-refractivity contribution is -0.147. The standard InChI is InChI=1S/C17H26N2O3.ClH/c1-4-22-15-7-5-6-14(12-15)13(2)19-16(20)17(21-3)8-10-18-11-9-17;/h5-7,12-13,18H,4,8-11H2,1-3H3,(H,19,20);1H. The summed E-state index contributed by atoms with van der Waals surface area (Å²) >= 11 is 0. The lowest BCUT2D eigenvalue weighted by Crippen LogP contribution is -2.54. The maximum absolute atomic E-state index is 12.7. The van der Waals surface area contributed by atoms with Gasteiger partial charge in [-0.2, -0.15) is 0 Å². The van der Waals surface area contributed by atoms with Gasteiger partial charge >= 0.3 is 0 Å². The van der Waals surface area contributed by atoms with E-state index in [1.165, 1.54) is 0 Å². The van der Waals surface area contributed by atoms with Crippen molar-refractivity contribution in [2.24, 2.45) is 0 Å². The van der Waals surface area contributed by atoms with Crippen molar-refractivity contribution in [2.75, 3.05) is 26.8 Å². The third kappa shape index (κ3) is 4.83. The summed E-state index contributed by atoms with van der Waals surface area (Å²) in [6.45, 7) is 6.17. The van der Waals surface area contributed by atoms with Crippen LogP contribution < -0.4 is 15.4 Å². The molecule has 0 bridgehead atoms. The fourth-order valence-electron chi connectivity index (χ4n) is 2.81. The molecule has 1 atom stereocenters. The van der Waals surface area contributed by atoms with Crippen molar-refractivity contribution < 1.29 is 14.3 Å². The van der Waals surface area contributed by atoms with Crippen LogP contribution in [0.3, 0.4) is 0 Å². The molecule has 1 aliphatic heterocycles. The minimum Gasteiger partial charge on any atom is -0.494 e. The number of halogens is 1. The first kappa shape index (κ1) is 19.7. The van der Waals surface area contributed by atoms with Crippen LogP contribution in [0.5, 0.6) is 5.75 Å². The van der Waals surface area contributed by atoms with Gasteiger partial charge in [-0.25, -0.2) is 0 Å². The van der Waals surface area contributed by atoms with Crippen LogP contribution in [0.25, 0.3) is 0 Å². The van der Waals surface area contributed by atoms with Crippen molar-refractivity contribution in [1.29, 1.82) is 0 Å². The number of nitrogens with one attached hydrogen (secondary N) is 2. The predicted octanol–water partition coefficient (Wildman–Crippen LogP) is 2.45. The van der Waals surface area contributed by atoms with Gasteiger partial charge < -0.3 is 20.1 Å². The van der Waals surface area contributed by atoms with Crippen molar-refractivity contribution in [3.05, 3.63) is 29.8 Å². The minimum absolute atomic E-state index is 0. The second-order valence-corrected chi connectivity index (χ2v) is 5.65. The van der Waals surface area contributed by atoms with E-state index >= 15 is 0 Å². The van der Waals surface area contributed by atoms with Crippen LogP contribution in [-0.4, -0.2) is 38.3 Å². The summed E-state index contributed by atoms with van der Waals surface area (Å²) in [6, 6.07) is 7.74. The van der Waals surface area contributed by atoms with Crippen molar-refractivity contribution in [3.8, 4) is 5.75 Å². The molecule has 0 saturated carbocycles. The molecule has 6 heteroatoms. The Bertz CT molecular complexity index is 504. The maximum atomic E-state index is 12.7. The molecule has 0 spiro atoms. The van der Waals surface area contributed by atoms with E-state index in [0.717, 1.165) is 24.4 Å². The number of piperidine rings is 1. The van der Waals surface area contributed by atoms with Gasteiger partial charge in [-0.3, -0.25) is 4.79 Å². The van der Waals surface area contributed by atoms with E-state index < -0.39 is 5.60 Å². The number of rotatable bonds is 6. The number of ether oxygens (including phenoxy) is 2. The Kier molecular flexibility index (Phi) is 7.82. The molecule has 0 radical (unpaired) electrons. The fraction of sp³-hybridized carbons (Fsp3) is 0.588. The van der Waals surface area contributed by atoms with Crippen LogP contribution in [0.4, 0.5) is 0 Å². The van der Waals surface area contributed by atoms with Crippen LogP contribution in [-0.2, 0) is 9.53 Å². The largest absolute Gasteiger partial charge is 0.494 e. The zero-order valence-corrected chi connectivity index (χ0v) is 14.9. The Labute approximate surface area is 144 Å². The molecule has 2 rings (SSSR count). The van der Waals surface area contributed by atoms with Crippen molar-refractivity contribution in [1.82, 2.24) is 10.6 Å². The van der Waals surface area contributed by atoms with E-state index in [-0.39, 0.29) is 24.4 Å². The van der Waals surface area contributed by atoms with Gasteiger partial charge in [0.05, 0.1) is 12.6 Å². The molecule has 5 nitrogen and oxygen atoms in total. The van der Waals surface area contributed by atoms with E-state index in [0.29, 0.717) is 19.4 Å². The monoisotopic (exact) mass is 342 g/mol. The average Bonchev–Trinajstić information content (AvgIpc) is 2.56. The van der Waals surface area contributed by atoms with Gasteiger partial charge in [0.15, 0.2) is 0 Å². The van der Waals surface area contributed by atoms with Gasteiger partial charge in [0.1, 0.15) is 11.4 Å². The molecule has 1 heterocycles. The number of benzene rings is 1. The summed E-state index contributed by atoms with van der Waals surface area (Å²) in [5.41, 5.74) is 0.316. The molecule has 1 saturated heterocycles. The first-order valence-electron chi connectivity index (χ1n) is 7.91. The quantitative estimate of drug-likeness (QED) is 0.833. The van der Waals surface area contributed by atoms with E-state index in [4.69, 9.17) is 9.47 Å². The Hall–Kier alpha value is -1.30. The number of hydrogen-bond donors (Lipinski definition) is 2. The third-order valence-corrected chi connectivity index (χ3v) is 4.23. The van der Waals surface area contributed by atoms with Gasteiger partial charge in [-0.1, -0.05) is 12.1 Å². The second-order valence-electron chi connectivity index (χ2n) is 5.65. The Balaban J connectivity index is 0.00000264. The van der Waals surface area contributed by atoms with Gasteiger partial charge in [-0.05, 0) is 57.5 Å². The van der Waals surface area contributed by atoms with Crippen LogP contribution in [0.1, 0.15) is 38.3 Å². The zero-order chi connectivity index (χ0) is 16.0. The summed E-state index contributed by atoms with van der Waals surface area (Å²) in [4.78, 5) is 12.7. The molecule has 1 unspecified atom stereocenters. The third-order valence-electron chi connectivity index (χ3n) is 4.23. The van der Waals surface area contributed by atoms with Crippen LogP contribution in [0.15, 0.2) is 24.3 Å². The summed E-state index contributed by atoms with van der Waals surface area (Å²) in [5.74, 6) is 0.787. The summed E-state index contributed by atoms with van der Waals surface area (Å²) in [6.07, 6.45) is 1.39. The van der Waals surface area contributed by atoms with E-state index in [1.54, 1.807) is 7.11 Å². The number of carbonyl (C=O) groups is 1. The first-order valence-corrected chi connectivity index (χ1v) is 7.91. The molecule has 0 aromatic heterocycles. The lowest BCUT2D eigenvalue weighted by atomic mass is 9.90. The Morgan fingerprint density at radius 1 is 1.39 bits per heavy atom. The lowest BCUT2D eigenvalue weighted by Gasteiger charge is -2.35. The average molecular weight is 343 g/mol. The number of carbonyl (C=O) groups excluding carboxylic acids is 1. The van der Waals surface area contributed by atoms with Gasteiger partial charge in [-0.15, -0.1) is 12.4 Å². The van der Waals surface area contributed by atoms with E-state index in [2.05, 4.69) is 10.6 Å². The molecule has 1 aromatic carbocycles. The first-order chi connectivity index (χ1) is 10.6. The van der Waals surface area contributed by atoms with E-state index in [9.17, 15) is 4.79 Å². The normalized spacial score (nSPS) is 17.7. The molecule has 1 aliphatic rings. The van der Waals surface area contributed by atoms with Crippen molar-refractivity contribution >= 4 is 18.3 Å². The number of amides is 1. The molecule has 0 aliphatic carbocycles. The van der Waals surface area contributed by atoms with Crippen molar-refractivity contribution in [2.45, 2.75) is 38.3 Å². The Morgan fingerprint density at radius 3 is 2.70 bits per heavy atom. The molecule has 2 N–H and O–H groups in total. The highest BCUT2D eigenvalue weighted by atomic mass is 35.5. The molecule has 130 valence electrons. The summed E-state index contributed by atoms with van der Waals surface area (Å²) in [7, 11) is 1.62. The predicted molar refractivity (Wildman–Crippen MR) is 93.3 cm³/mol. The summed E-state index contributed by atoms with van der Waals surface area (Å²) < 4.78 is 11.1. The second kappa shape index (κ2) is 9.11. The molecular formula is C17H27ClN2O3. The van der Waals surface area contributed by atoms with Crippen LogP contribution >= 0.6 is 12.4 Å². The minimum atomic E-state index is -0.711. The molecule has 23 heavy (non-hydrogen) atoms. The molecular weight excluding hydrogens is 316 g/mol. The summed E-state index contributed by atoms with van der Waals surface area (Å²) in [5, 5.41) is 6.34. The zero-order valence-electron chi connectivity index (χ0n) is 14.1. The highest BCUT2D eigenvalue weighted by molar-refractivity contribution is 5.86. The fourth-order valence-corrected chi connectivity index (χ4v) is 2.81. The smallest absolute Gasteiger partial charge is 0.252 e. The highest BCUT2D eigenvalue weighted by Crippen LogP contribution is 2.25.